The molecule has 0 amide bonds. The monoisotopic (exact) mass is 374 g/mol. The lowest BCUT2D eigenvalue weighted by Gasteiger charge is -2.23. The fourth-order valence-electron chi connectivity index (χ4n) is 2.02. The number of rotatable bonds is 7. The van der Waals surface area contributed by atoms with Crippen molar-refractivity contribution in [2.75, 3.05) is 26.5 Å². The van der Waals surface area contributed by atoms with Crippen molar-refractivity contribution in [1.29, 1.82) is 0 Å². The molecule has 0 aromatic heterocycles. The first kappa shape index (κ1) is 18.9. The van der Waals surface area contributed by atoms with Gasteiger partial charge < -0.3 is 0 Å². The van der Waals surface area contributed by atoms with Gasteiger partial charge in [0.1, 0.15) is 13.2 Å². The van der Waals surface area contributed by atoms with Crippen molar-refractivity contribution in [3.05, 3.63) is 10.1 Å². The highest BCUT2D eigenvalue weighted by Gasteiger charge is 2.48. The third-order valence-electron chi connectivity index (χ3n) is 2.70. The van der Waals surface area contributed by atoms with Gasteiger partial charge >= 0.3 is 13.0 Å². The zero-order valence-corrected chi connectivity index (χ0v) is 15.8. The second-order valence-electron chi connectivity index (χ2n) is 4.81. The number of hydrogen-bond acceptors (Lipinski definition) is 6. The third-order valence-corrected chi connectivity index (χ3v) is 5.70. The Labute approximate surface area is 136 Å². The van der Waals surface area contributed by atoms with Crippen LogP contribution in [0.4, 0.5) is 0 Å². The van der Waals surface area contributed by atoms with Gasteiger partial charge in [0.2, 0.25) is 21.6 Å². The van der Waals surface area contributed by atoms with E-state index in [1.54, 1.807) is 7.05 Å². The number of sulfone groups is 1. The molecule has 6 nitrogen and oxygen atoms in total. The van der Waals surface area contributed by atoms with Gasteiger partial charge in [-0.3, -0.25) is 0 Å². The molecule has 1 rings (SSSR count). The van der Waals surface area contributed by atoms with E-state index in [-0.39, 0.29) is 20.6 Å². The summed E-state index contributed by atoms with van der Waals surface area (Å²) in [5.41, 5.74) is 0. The summed E-state index contributed by atoms with van der Waals surface area (Å²) in [6.45, 7) is 4.87. The lowest BCUT2D eigenvalue weighted by atomic mass is 10.4. The zero-order chi connectivity index (χ0) is 16.3. The summed E-state index contributed by atoms with van der Waals surface area (Å²) in [5.74, 6) is 0.0465. The van der Waals surface area contributed by atoms with Crippen LogP contribution in [-0.2, 0) is 30.7 Å². The summed E-state index contributed by atoms with van der Waals surface area (Å²) in [4.78, 5) is 0. The summed E-state index contributed by atoms with van der Waals surface area (Å²) < 4.78 is 34.6. The summed E-state index contributed by atoms with van der Waals surface area (Å²) in [7, 11) is -3.43. The van der Waals surface area contributed by atoms with Crippen molar-refractivity contribution < 1.29 is 22.1 Å². The predicted octanol–water partition coefficient (Wildman–Crippen LogP) is 2.84. The molecule has 0 aromatic carbocycles. The Morgan fingerprint density at radius 2 is 2.00 bits per heavy atom. The highest BCUT2D eigenvalue weighted by atomic mass is 35.5. The molecule has 0 bridgehead atoms. The number of halogens is 1. The van der Waals surface area contributed by atoms with Crippen LogP contribution in [0.25, 0.3) is 0 Å². The molecule has 0 aliphatic carbocycles. The first-order valence-corrected chi connectivity index (χ1v) is 11.0. The molecule has 0 spiro atoms. The van der Waals surface area contributed by atoms with Crippen molar-refractivity contribution in [3.63, 3.8) is 0 Å². The van der Waals surface area contributed by atoms with Crippen LogP contribution in [0.1, 0.15) is 26.7 Å². The summed E-state index contributed by atoms with van der Waals surface area (Å²) >= 11 is 11.2. The van der Waals surface area contributed by atoms with E-state index >= 15 is 0 Å². The van der Waals surface area contributed by atoms with Crippen LogP contribution < -0.4 is 0 Å². The molecule has 0 N–H and O–H groups in total. The molecule has 0 radical (unpaired) electrons. The zero-order valence-electron chi connectivity index (χ0n) is 12.5. The second kappa shape index (κ2) is 7.44. The van der Waals surface area contributed by atoms with Gasteiger partial charge in [-0.1, -0.05) is 25.4 Å². The maximum atomic E-state index is 12.0. The molecule has 10 heteroatoms. The molecule has 0 saturated carbocycles. The SMILES string of the molecule is CCCO[P+](=S)OC1=N[N+](C)(CCC)C(S(C)(=O)=O)=C1Cl. The van der Waals surface area contributed by atoms with Crippen LogP contribution in [0.2, 0.25) is 0 Å². The average Bonchev–Trinajstić information content (AvgIpc) is 2.58. The van der Waals surface area contributed by atoms with Crippen molar-refractivity contribution in [2.24, 2.45) is 5.10 Å². The first-order chi connectivity index (χ1) is 9.65. The van der Waals surface area contributed by atoms with Crippen LogP contribution in [0.3, 0.4) is 0 Å². The lowest BCUT2D eigenvalue weighted by Crippen LogP contribution is -2.39. The van der Waals surface area contributed by atoms with Gasteiger partial charge in [-0.25, -0.2) is 12.9 Å². The number of hydrogen-bond donors (Lipinski definition) is 0. The van der Waals surface area contributed by atoms with E-state index in [0.717, 1.165) is 19.1 Å². The molecule has 2 unspecified atom stereocenters. The Balaban J connectivity index is 3.11. The van der Waals surface area contributed by atoms with Crippen molar-refractivity contribution in [1.82, 2.24) is 0 Å². The topological polar surface area (TPSA) is 65.0 Å². The van der Waals surface area contributed by atoms with E-state index in [2.05, 4.69) is 5.10 Å². The molecule has 2 atom stereocenters. The van der Waals surface area contributed by atoms with E-state index in [9.17, 15) is 8.42 Å². The maximum Gasteiger partial charge on any atom is 0.575 e. The predicted molar refractivity (Wildman–Crippen MR) is 88.1 cm³/mol. The minimum atomic E-state index is -3.51. The molecule has 0 fully saturated rings. The molecular weight excluding hydrogens is 355 g/mol. The van der Waals surface area contributed by atoms with Crippen LogP contribution in [0, 0.1) is 0 Å². The van der Waals surface area contributed by atoms with Gasteiger partial charge in [0.25, 0.3) is 5.03 Å². The highest BCUT2D eigenvalue weighted by Crippen LogP contribution is 2.38. The summed E-state index contributed by atoms with van der Waals surface area (Å²) in [6.07, 6.45) is 2.66. The third kappa shape index (κ3) is 4.68. The standard InChI is InChI=1S/C11H20ClN2O4PS2/c1-5-7-14(3)11(21(4,15)16)9(12)10(13-14)18-19(20)17-8-6-2/h5-8H2,1-4H3/q+2. The van der Waals surface area contributed by atoms with Crippen LogP contribution in [0.5, 0.6) is 0 Å². The van der Waals surface area contributed by atoms with Crippen LogP contribution in [-0.4, -0.2) is 45.4 Å². The molecule has 1 heterocycles. The number of quaternary nitrogens is 1. The van der Waals surface area contributed by atoms with Gasteiger partial charge in [-0.15, -0.1) is 4.52 Å². The molecule has 1 aliphatic rings. The Kier molecular flexibility index (Phi) is 6.71. The highest BCUT2D eigenvalue weighted by molar-refractivity contribution is 8.00. The van der Waals surface area contributed by atoms with Gasteiger partial charge in [-0.2, -0.15) is 4.59 Å². The van der Waals surface area contributed by atoms with Crippen LogP contribution >= 0.6 is 18.8 Å². The minimum absolute atomic E-state index is 0.00843. The van der Waals surface area contributed by atoms with Crippen molar-refractivity contribution in [3.8, 4) is 0 Å². The Hall–Kier alpha value is -0.110. The maximum absolute atomic E-state index is 12.0. The molecule has 0 saturated heterocycles. The van der Waals surface area contributed by atoms with Gasteiger partial charge in [0, 0.05) is 6.26 Å². The summed E-state index contributed by atoms with van der Waals surface area (Å²) in [5, 5.41) is 4.33. The van der Waals surface area contributed by atoms with Gasteiger partial charge in [0.15, 0.2) is 5.03 Å². The average molecular weight is 375 g/mol. The van der Waals surface area contributed by atoms with E-state index in [0.29, 0.717) is 13.2 Å². The van der Waals surface area contributed by atoms with E-state index in [1.807, 2.05) is 13.8 Å². The quantitative estimate of drug-likeness (QED) is 0.506. The smallest absolute Gasteiger partial charge is 0.222 e. The van der Waals surface area contributed by atoms with Crippen LogP contribution in [0.15, 0.2) is 15.2 Å². The Bertz CT molecular complexity index is 591. The molecule has 1 aliphatic heterocycles. The second-order valence-corrected chi connectivity index (χ2v) is 8.90. The Morgan fingerprint density at radius 1 is 1.38 bits per heavy atom. The van der Waals surface area contributed by atoms with E-state index in [4.69, 9.17) is 32.5 Å². The molecule has 120 valence electrons. The van der Waals surface area contributed by atoms with Gasteiger partial charge in [-0.05, 0) is 17.9 Å². The lowest BCUT2D eigenvalue weighted by molar-refractivity contribution is -0.870. The van der Waals surface area contributed by atoms with Crippen molar-refractivity contribution in [2.45, 2.75) is 26.7 Å². The fraction of sp³-hybridized carbons (Fsp3) is 0.727. The van der Waals surface area contributed by atoms with E-state index in [1.165, 1.54) is 0 Å². The minimum Gasteiger partial charge on any atom is -0.222 e. The Morgan fingerprint density at radius 3 is 2.48 bits per heavy atom. The van der Waals surface area contributed by atoms with Gasteiger partial charge in [0.05, 0.1) is 7.05 Å². The number of nitrogens with zero attached hydrogens (tertiary/aromatic N) is 2. The van der Waals surface area contributed by atoms with E-state index < -0.39 is 17.0 Å². The summed E-state index contributed by atoms with van der Waals surface area (Å²) in [6, 6.07) is 0. The first-order valence-electron chi connectivity index (χ1n) is 6.50. The van der Waals surface area contributed by atoms with Crippen molar-refractivity contribution >= 4 is 46.3 Å². The molecular formula is C11H20ClN2O4PS2+2. The fourth-order valence-corrected chi connectivity index (χ4v) is 5.10. The molecule has 0 aromatic rings. The largest absolute Gasteiger partial charge is 0.575 e. The normalized spacial score (nSPS) is 23.3. The molecule has 21 heavy (non-hydrogen) atoms.